The van der Waals surface area contributed by atoms with Gasteiger partial charge in [0.2, 0.25) is 0 Å². The Morgan fingerprint density at radius 3 is 2.41 bits per heavy atom. The topological polar surface area (TPSA) is 114 Å². The molecule has 1 aromatic rings. The van der Waals surface area contributed by atoms with E-state index in [0.29, 0.717) is 5.69 Å². The summed E-state index contributed by atoms with van der Waals surface area (Å²) in [4.78, 5) is 15.8. The molecule has 1 fully saturated rings. The zero-order valence-corrected chi connectivity index (χ0v) is 12.4. The first-order valence-corrected chi connectivity index (χ1v) is 7.40. The summed E-state index contributed by atoms with van der Waals surface area (Å²) in [5.41, 5.74) is 12.1. The number of carbonyl (C=O) groups excluding carboxylic acids is 1. The van der Waals surface area contributed by atoms with Gasteiger partial charge in [0.15, 0.2) is 0 Å². The van der Waals surface area contributed by atoms with Gasteiger partial charge in [0.1, 0.15) is 5.84 Å². The molecular formula is C16H22N4O2. The van der Waals surface area contributed by atoms with Crippen molar-refractivity contribution in [1.82, 2.24) is 5.32 Å². The Kier molecular flexibility index (Phi) is 5.55. The van der Waals surface area contributed by atoms with E-state index in [0.717, 1.165) is 25.7 Å². The third kappa shape index (κ3) is 4.60. The largest absolute Gasteiger partial charge is 0.393 e. The molecule has 0 heterocycles. The van der Waals surface area contributed by atoms with Gasteiger partial charge in [0.25, 0.3) is 5.91 Å². The van der Waals surface area contributed by atoms with Crippen LogP contribution in [0.1, 0.15) is 25.7 Å². The molecule has 1 amide bonds. The number of primary amides is 1. The molecular weight excluding hydrogens is 280 g/mol. The highest BCUT2D eigenvalue weighted by atomic mass is 16.3. The van der Waals surface area contributed by atoms with E-state index in [1.54, 1.807) is 12.1 Å². The van der Waals surface area contributed by atoms with Gasteiger partial charge in [-0.05, 0) is 37.8 Å². The predicted octanol–water partition coefficient (Wildman–Crippen LogP) is 0.938. The highest BCUT2D eigenvalue weighted by Crippen LogP contribution is 2.18. The van der Waals surface area contributed by atoms with Crippen molar-refractivity contribution < 1.29 is 9.90 Å². The lowest BCUT2D eigenvalue weighted by molar-refractivity contribution is -0.114. The number of para-hydroxylation sites is 1. The second-order valence-electron chi connectivity index (χ2n) is 5.43. The number of nitrogens with two attached hydrogens (primary N) is 2. The fraction of sp³-hybridized carbons (Fsp3) is 0.375. The van der Waals surface area contributed by atoms with Crippen LogP contribution < -0.4 is 16.8 Å². The lowest BCUT2D eigenvalue weighted by Crippen LogP contribution is -2.34. The number of aliphatic hydroxyl groups is 1. The number of aliphatic imine (C=N–C) groups is 1. The Morgan fingerprint density at radius 2 is 1.82 bits per heavy atom. The van der Waals surface area contributed by atoms with Crippen LogP contribution in [0.3, 0.4) is 0 Å². The van der Waals surface area contributed by atoms with Crippen molar-refractivity contribution in [2.24, 2.45) is 16.5 Å². The maximum absolute atomic E-state index is 11.6. The van der Waals surface area contributed by atoms with Crippen LogP contribution >= 0.6 is 0 Å². The Balaban J connectivity index is 2.07. The molecule has 0 atom stereocenters. The van der Waals surface area contributed by atoms with E-state index >= 15 is 0 Å². The molecule has 1 aliphatic carbocycles. The molecule has 22 heavy (non-hydrogen) atoms. The van der Waals surface area contributed by atoms with Crippen LogP contribution in [0.4, 0.5) is 5.69 Å². The van der Waals surface area contributed by atoms with Crippen LogP contribution in [0.25, 0.3) is 0 Å². The lowest BCUT2D eigenvalue weighted by Gasteiger charge is -2.25. The fourth-order valence-corrected chi connectivity index (χ4v) is 2.42. The van der Waals surface area contributed by atoms with E-state index in [2.05, 4.69) is 10.3 Å². The van der Waals surface area contributed by atoms with E-state index in [-0.39, 0.29) is 23.6 Å². The molecule has 0 aliphatic heterocycles. The van der Waals surface area contributed by atoms with Gasteiger partial charge in [0.05, 0.1) is 17.4 Å². The van der Waals surface area contributed by atoms with Gasteiger partial charge in [-0.3, -0.25) is 4.79 Å². The number of aliphatic hydroxyl groups excluding tert-OH is 1. The smallest absolute Gasteiger partial charge is 0.253 e. The zero-order chi connectivity index (χ0) is 15.9. The molecule has 2 rings (SSSR count). The number of nitrogens with zero attached hydrogens (tertiary/aromatic N) is 1. The maximum atomic E-state index is 11.6. The van der Waals surface area contributed by atoms with E-state index in [1.807, 2.05) is 18.2 Å². The van der Waals surface area contributed by atoms with Crippen molar-refractivity contribution >= 4 is 17.4 Å². The Morgan fingerprint density at radius 1 is 1.18 bits per heavy atom. The minimum atomic E-state index is -0.625. The molecule has 0 aromatic heterocycles. The Bertz CT molecular complexity index is 561. The van der Waals surface area contributed by atoms with Gasteiger partial charge < -0.3 is 21.9 Å². The Labute approximate surface area is 129 Å². The second kappa shape index (κ2) is 7.61. The molecule has 0 spiro atoms. The molecule has 6 heteroatoms. The van der Waals surface area contributed by atoms with Gasteiger partial charge in [-0.2, -0.15) is 0 Å². The molecule has 0 unspecified atom stereocenters. The van der Waals surface area contributed by atoms with Crippen LogP contribution in [-0.4, -0.2) is 29.0 Å². The van der Waals surface area contributed by atoms with Gasteiger partial charge in [-0.1, -0.05) is 18.2 Å². The predicted molar refractivity (Wildman–Crippen MR) is 86.4 cm³/mol. The monoisotopic (exact) mass is 302 g/mol. The van der Waals surface area contributed by atoms with Gasteiger partial charge >= 0.3 is 0 Å². The normalized spacial score (nSPS) is 23.1. The molecule has 1 aromatic carbocycles. The number of rotatable bonds is 5. The molecule has 1 aliphatic rings. The summed E-state index contributed by atoms with van der Waals surface area (Å²) in [6.07, 6.45) is 4.52. The zero-order valence-electron chi connectivity index (χ0n) is 12.4. The summed E-state index contributed by atoms with van der Waals surface area (Å²) in [6.45, 7) is 0. The van der Waals surface area contributed by atoms with Gasteiger partial charge in [-0.25, -0.2) is 4.99 Å². The van der Waals surface area contributed by atoms with Crippen LogP contribution in [-0.2, 0) is 4.79 Å². The summed E-state index contributed by atoms with van der Waals surface area (Å²) in [5.74, 6) is -0.539. The first kappa shape index (κ1) is 16.0. The third-order valence-corrected chi connectivity index (χ3v) is 3.71. The van der Waals surface area contributed by atoms with Crippen molar-refractivity contribution in [3.63, 3.8) is 0 Å². The van der Waals surface area contributed by atoms with Crippen molar-refractivity contribution in [2.75, 3.05) is 0 Å². The number of amidine groups is 1. The number of hydrogen-bond acceptors (Lipinski definition) is 4. The van der Waals surface area contributed by atoms with Crippen LogP contribution in [0.5, 0.6) is 0 Å². The summed E-state index contributed by atoms with van der Waals surface area (Å²) in [6, 6.07) is 9.35. The highest BCUT2D eigenvalue weighted by Gasteiger charge is 2.19. The van der Waals surface area contributed by atoms with Gasteiger partial charge in [0, 0.05) is 12.2 Å². The van der Waals surface area contributed by atoms with E-state index in [9.17, 15) is 9.90 Å². The first-order valence-electron chi connectivity index (χ1n) is 7.40. The summed E-state index contributed by atoms with van der Waals surface area (Å²) >= 11 is 0. The summed E-state index contributed by atoms with van der Waals surface area (Å²) in [5, 5.41) is 12.6. The van der Waals surface area contributed by atoms with E-state index < -0.39 is 5.91 Å². The second-order valence-corrected chi connectivity index (χ2v) is 5.43. The fourth-order valence-electron chi connectivity index (χ4n) is 2.42. The first-order chi connectivity index (χ1) is 10.6. The SMILES string of the molecule is NC(=O)/C(=C/NC1CCC(O)CC1)C(N)=Nc1ccccc1. The molecule has 1 saturated carbocycles. The van der Waals surface area contributed by atoms with Crippen LogP contribution in [0, 0.1) is 0 Å². The molecule has 0 radical (unpaired) electrons. The standard InChI is InChI=1S/C16H22N4O2/c17-15(20-12-4-2-1-3-5-12)14(16(18)22)10-19-11-6-8-13(21)9-7-11/h1-5,10-11,13,19,21H,6-9H2,(H2,17,20)(H2,18,22)/b14-10+. The number of nitrogens with one attached hydrogen (secondary N) is 1. The van der Waals surface area contributed by atoms with Crippen molar-refractivity contribution in [2.45, 2.75) is 37.8 Å². The maximum Gasteiger partial charge on any atom is 0.253 e. The molecule has 0 saturated heterocycles. The number of carbonyl (C=O) groups is 1. The molecule has 0 bridgehead atoms. The minimum absolute atomic E-state index is 0.0852. The number of amides is 1. The van der Waals surface area contributed by atoms with Crippen molar-refractivity contribution in [3.8, 4) is 0 Å². The van der Waals surface area contributed by atoms with E-state index in [1.165, 1.54) is 6.20 Å². The Hall–Kier alpha value is -2.34. The summed E-state index contributed by atoms with van der Waals surface area (Å²) in [7, 11) is 0. The average Bonchev–Trinajstić information content (AvgIpc) is 2.50. The molecule has 6 nitrogen and oxygen atoms in total. The number of hydrogen-bond donors (Lipinski definition) is 4. The van der Waals surface area contributed by atoms with Crippen molar-refractivity contribution in [1.29, 1.82) is 0 Å². The van der Waals surface area contributed by atoms with Crippen LogP contribution in [0.15, 0.2) is 47.1 Å². The lowest BCUT2D eigenvalue weighted by atomic mass is 9.93. The minimum Gasteiger partial charge on any atom is -0.393 e. The summed E-state index contributed by atoms with van der Waals surface area (Å²) < 4.78 is 0. The number of benzene rings is 1. The molecule has 118 valence electrons. The average molecular weight is 302 g/mol. The van der Waals surface area contributed by atoms with Crippen molar-refractivity contribution in [3.05, 3.63) is 42.1 Å². The van der Waals surface area contributed by atoms with Crippen LogP contribution in [0.2, 0.25) is 0 Å². The highest BCUT2D eigenvalue weighted by molar-refractivity contribution is 6.20. The third-order valence-electron chi connectivity index (χ3n) is 3.71. The van der Waals surface area contributed by atoms with Gasteiger partial charge in [-0.15, -0.1) is 0 Å². The molecule has 6 N–H and O–H groups in total. The van der Waals surface area contributed by atoms with E-state index in [4.69, 9.17) is 11.5 Å². The quantitative estimate of drug-likeness (QED) is 0.368.